The zero-order chi connectivity index (χ0) is 29.0. The molecule has 2 aromatic carbocycles. The molecule has 41 heavy (non-hydrogen) atoms. The largest absolute Gasteiger partial charge is 0.416 e. The molecule has 1 aliphatic heterocycles. The molecule has 0 radical (unpaired) electrons. The van der Waals surface area contributed by atoms with Crippen LogP contribution in [0.3, 0.4) is 0 Å². The summed E-state index contributed by atoms with van der Waals surface area (Å²) in [4.78, 5) is 33.8. The highest BCUT2D eigenvalue weighted by Gasteiger charge is 2.35. The number of amides is 1. The molecule has 0 spiro atoms. The predicted molar refractivity (Wildman–Crippen MR) is 150 cm³/mol. The minimum atomic E-state index is -4.59. The van der Waals surface area contributed by atoms with E-state index in [1.54, 1.807) is 48.9 Å². The number of alkyl halides is 3. The van der Waals surface area contributed by atoms with Crippen LogP contribution in [0, 0.1) is 0 Å². The van der Waals surface area contributed by atoms with Crippen LogP contribution in [-0.2, 0) is 12.7 Å². The SMILES string of the molecule is CN(C)[C@H]1CCN(Cc2ccc(C(=O)Nc3cccc(Nc4nccc(-c5cncnc5)n4)c3)cc2C(F)(F)F)C1. The van der Waals surface area contributed by atoms with E-state index in [1.165, 1.54) is 18.5 Å². The minimum Gasteiger partial charge on any atom is -0.324 e. The number of aromatic nitrogens is 4. The number of anilines is 3. The van der Waals surface area contributed by atoms with E-state index in [-0.39, 0.29) is 17.7 Å². The third-order valence-corrected chi connectivity index (χ3v) is 6.94. The van der Waals surface area contributed by atoms with Gasteiger partial charge in [0.05, 0.1) is 11.3 Å². The smallest absolute Gasteiger partial charge is 0.324 e. The summed E-state index contributed by atoms with van der Waals surface area (Å²) < 4.78 is 42.0. The van der Waals surface area contributed by atoms with E-state index in [0.717, 1.165) is 24.6 Å². The predicted octanol–water partition coefficient (Wildman–Crippen LogP) is 5.08. The van der Waals surface area contributed by atoms with Crippen LogP contribution >= 0.6 is 0 Å². The van der Waals surface area contributed by atoms with E-state index < -0.39 is 17.6 Å². The van der Waals surface area contributed by atoms with E-state index in [4.69, 9.17) is 0 Å². The van der Waals surface area contributed by atoms with Gasteiger partial charge in [-0.1, -0.05) is 12.1 Å². The summed E-state index contributed by atoms with van der Waals surface area (Å²) in [6.07, 6.45) is 2.61. The first-order valence-corrected chi connectivity index (χ1v) is 13.0. The third kappa shape index (κ3) is 7.02. The maximum atomic E-state index is 14.0. The number of nitrogens with zero attached hydrogens (tertiary/aromatic N) is 6. The molecule has 1 saturated heterocycles. The molecule has 1 aliphatic rings. The highest BCUT2D eigenvalue weighted by atomic mass is 19.4. The normalized spacial score (nSPS) is 15.7. The van der Waals surface area contributed by atoms with E-state index in [0.29, 0.717) is 35.6 Å². The molecule has 0 bridgehead atoms. The Balaban J connectivity index is 1.29. The molecule has 2 N–H and O–H groups in total. The van der Waals surface area contributed by atoms with Gasteiger partial charge in [0.15, 0.2) is 0 Å². The Morgan fingerprint density at radius 2 is 1.85 bits per heavy atom. The molecule has 3 heterocycles. The number of carbonyl (C=O) groups is 1. The first kappa shape index (κ1) is 28.1. The van der Waals surface area contributed by atoms with Gasteiger partial charge in [0, 0.05) is 66.8 Å². The van der Waals surface area contributed by atoms with Crippen molar-refractivity contribution in [2.45, 2.75) is 25.2 Å². The Hall–Kier alpha value is -4.42. The van der Waals surface area contributed by atoms with Crippen molar-refractivity contribution in [1.82, 2.24) is 29.7 Å². The zero-order valence-corrected chi connectivity index (χ0v) is 22.6. The number of benzene rings is 2. The van der Waals surface area contributed by atoms with Gasteiger partial charge in [-0.05, 0) is 62.5 Å². The maximum absolute atomic E-state index is 14.0. The summed E-state index contributed by atoms with van der Waals surface area (Å²) in [6.45, 7) is 1.60. The summed E-state index contributed by atoms with van der Waals surface area (Å²) in [5.74, 6) is -0.328. The van der Waals surface area contributed by atoms with Crippen LogP contribution in [0.1, 0.15) is 27.9 Å². The number of hydrogen-bond acceptors (Lipinski definition) is 8. The van der Waals surface area contributed by atoms with Gasteiger partial charge in [-0.15, -0.1) is 0 Å². The average molecular weight is 563 g/mol. The molecular weight excluding hydrogens is 533 g/mol. The molecule has 9 nitrogen and oxygen atoms in total. The van der Waals surface area contributed by atoms with Gasteiger partial charge in [0.2, 0.25) is 5.95 Å². The van der Waals surface area contributed by atoms with Crippen LogP contribution in [-0.4, -0.2) is 68.9 Å². The van der Waals surface area contributed by atoms with Crippen molar-refractivity contribution in [3.8, 4) is 11.3 Å². The second kappa shape index (κ2) is 12.0. The van der Waals surface area contributed by atoms with Crippen molar-refractivity contribution < 1.29 is 18.0 Å². The van der Waals surface area contributed by atoms with Gasteiger partial charge in [0.25, 0.3) is 5.91 Å². The molecule has 5 rings (SSSR count). The van der Waals surface area contributed by atoms with Gasteiger partial charge in [0.1, 0.15) is 6.33 Å². The molecule has 2 aromatic heterocycles. The number of nitrogens with one attached hydrogen (secondary N) is 2. The molecular formula is C29H29F3N8O. The van der Waals surface area contributed by atoms with Crippen LogP contribution in [0.5, 0.6) is 0 Å². The summed E-state index contributed by atoms with van der Waals surface area (Å²) in [6, 6.07) is 12.6. The molecule has 1 fully saturated rings. The van der Waals surface area contributed by atoms with E-state index in [9.17, 15) is 18.0 Å². The molecule has 1 amide bonds. The Morgan fingerprint density at radius 3 is 2.59 bits per heavy atom. The van der Waals surface area contributed by atoms with Crippen molar-refractivity contribution in [2.24, 2.45) is 0 Å². The highest BCUT2D eigenvalue weighted by molar-refractivity contribution is 6.04. The lowest BCUT2D eigenvalue weighted by molar-refractivity contribution is -0.138. The lowest BCUT2D eigenvalue weighted by Crippen LogP contribution is -2.31. The summed E-state index contributed by atoms with van der Waals surface area (Å²) in [7, 11) is 3.95. The number of likely N-dealkylation sites (N-methyl/N-ethyl adjacent to an activating group) is 1. The minimum absolute atomic E-state index is 0.0758. The number of halogens is 3. The van der Waals surface area contributed by atoms with Crippen LogP contribution in [0.4, 0.5) is 30.5 Å². The fourth-order valence-electron chi connectivity index (χ4n) is 4.76. The molecule has 12 heteroatoms. The second-order valence-electron chi connectivity index (χ2n) is 10.1. The molecule has 212 valence electrons. The second-order valence-corrected chi connectivity index (χ2v) is 10.1. The first-order chi connectivity index (χ1) is 19.7. The van der Waals surface area contributed by atoms with Crippen molar-refractivity contribution in [3.05, 3.63) is 90.1 Å². The number of carbonyl (C=O) groups excluding carboxylic acids is 1. The summed E-state index contributed by atoms with van der Waals surface area (Å²) >= 11 is 0. The monoisotopic (exact) mass is 562 g/mol. The van der Waals surface area contributed by atoms with E-state index >= 15 is 0 Å². The number of hydrogen-bond donors (Lipinski definition) is 2. The lowest BCUT2D eigenvalue weighted by Gasteiger charge is -2.22. The summed E-state index contributed by atoms with van der Waals surface area (Å²) in [5.41, 5.74) is 1.61. The molecule has 0 saturated carbocycles. The molecule has 0 unspecified atom stereocenters. The Kier molecular flexibility index (Phi) is 8.22. The van der Waals surface area contributed by atoms with Crippen molar-refractivity contribution in [3.63, 3.8) is 0 Å². The molecule has 4 aromatic rings. The first-order valence-electron chi connectivity index (χ1n) is 13.0. The quantitative estimate of drug-likeness (QED) is 0.307. The van der Waals surface area contributed by atoms with Gasteiger partial charge < -0.3 is 15.5 Å². The van der Waals surface area contributed by atoms with Crippen molar-refractivity contribution in [2.75, 3.05) is 37.8 Å². The average Bonchev–Trinajstić information content (AvgIpc) is 3.42. The Morgan fingerprint density at radius 1 is 1.07 bits per heavy atom. The Labute approximate surface area is 235 Å². The van der Waals surface area contributed by atoms with Crippen LogP contribution in [0.15, 0.2) is 73.4 Å². The van der Waals surface area contributed by atoms with Gasteiger partial charge >= 0.3 is 6.18 Å². The fraction of sp³-hybridized carbons (Fsp3) is 0.276. The topological polar surface area (TPSA) is 99.2 Å². The van der Waals surface area contributed by atoms with Crippen molar-refractivity contribution in [1.29, 1.82) is 0 Å². The zero-order valence-electron chi connectivity index (χ0n) is 22.6. The number of likely N-dealkylation sites (tertiary alicyclic amines) is 1. The van der Waals surface area contributed by atoms with Crippen LogP contribution in [0.25, 0.3) is 11.3 Å². The highest BCUT2D eigenvalue weighted by Crippen LogP contribution is 2.34. The Bertz CT molecular complexity index is 1510. The van der Waals surface area contributed by atoms with Crippen LogP contribution < -0.4 is 10.6 Å². The van der Waals surface area contributed by atoms with Gasteiger partial charge in [-0.3, -0.25) is 9.69 Å². The number of rotatable bonds is 8. The van der Waals surface area contributed by atoms with Crippen LogP contribution in [0.2, 0.25) is 0 Å². The standard InChI is InChI=1S/C29H29F3N8O/c1-39(2)24-9-11-40(17-24)16-20-7-6-19(12-25(20)29(30,31)32)27(41)36-22-4-3-5-23(13-22)37-28-35-10-8-26(38-28)21-14-33-18-34-15-21/h3-8,10,12-15,18,24H,9,11,16-17H2,1-2H3,(H,36,41)(H,35,37,38)/t24-/m0/s1. The lowest BCUT2D eigenvalue weighted by atomic mass is 10.0. The van der Waals surface area contributed by atoms with E-state index in [2.05, 4.69) is 35.5 Å². The van der Waals surface area contributed by atoms with Gasteiger partial charge in [-0.25, -0.2) is 19.9 Å². The summed E-state index contributed by atoms with van der Waals surface area (Å²) in [5, 5.41) is 5.77. The molecule has 1 atom stereocenters. The van der Waals surface area contributed by atoms with E-state index in [1.807, 2.05) is 19.0 Å². The van der Waals surface area contributed by atoms with Crippen molar-refractivity contribution >= 4 is 23.2 Å². The molecule has 0 aliphatic carbocycles. The van der Waals surface area contributed by atoms with Gasteiger partial charge in [-0.2, -0.15) is 13.2 Å². The maximum Gasteiger partial charge on any atom is 0.416 e. The fourth-order valence-corrected chi connectivity index (χ4v) is 4.76. The third-order valence-electron chi connectivity index (χ3n) is 6.94.